The molecule has 4 aromatic rings. The Hall–Kier alpha value is -4.61. The zero-order chi connectivity index (χ0) is 31.1. The van der Waals surface area contributed by atoms with Crippen LogP contribution in [-0.2, 0) is 32.1 Å². The number of nitrogens with zero attached hydrogens (tertiary/aromatic N) is 1. The first kappa shape index (κ1) is 30.8. The van der Waals surface area contributed by atoms with Crippen molar-refractivity contribution in [3.63, 3.8) is 0 Å². The normalized spacial score (nSPS) is 12.9. The number of fused-ring (bicyclic) bond motifs is 1. The van der Waals surface area contributed by atoms with Crippen LogP contribution in [0.4, 0.5) is 10.7 Å². The van der Waals surface area contributed by atoms with Gasteiger partial charge in [-0.1, -0.05) is 54.6 Å². The first-order chi connectivity index (χ1) is 21.3. The van der Waals surface area contributed by atoms with Gasteiger partial charge in [0.1, 0.15) is 16.0 Å². The predicted molar refractivity (Wildman–Crippen MR) is 171 cm³/mol. The van der Waals surface area contributed by atoms with Gasteiger partial charge in [0, 0.05) is 28.9 Å². The van der Waals surface area contributed by atoms with Gasteiger partial charge in [-0.15, -0.1) is 23.1 Å². The van der Waals surface area contributed by atoms with Gasteiger partial charge < -0.3 is 25.0 Å². The molecule has 0 radical (unpaired) electrons. The highest BCUT2D eigenvalue weighted by molar-refractivity contribution is 8.00. The fourth-order valence-electron chi connectivity index (χ4n) is 4.80. The van der Waals surface area contributed by atoms with E-state index in [2.05, 4.69) is 10.6 Å². The van der Waals surface area contributed by atoms with Gasteiger partial charge in [-0.3, -0.25) is 14.4 Å². The van der Waals surface area contributed by atoms with E-state index in [0.29, 0.717) is 41.5 Å². The minimum absolute atomic E-state index is 0.0445. The summed E-state index contributed by atoms with van der Waals surface area (Å²) in [5.41, 5.74) is 2.48. The number of thioether (sulfide) groups is 1. The molecule has 0 saturated carbocycles. The van der Waals surface area contributed by atoms with E-state index < -0.39 is 11.2 Å². The summed E-state index contributed by atoms with van der Waals surface area (Å²) >= 11 is 2.61. The number of thiophene rings is 1. The lowest BCUT2D eigenvalue weighted by Crippen LogP contribution is -2.33. The summed E-state index contributed by atoms with van der Waals surface area (Å²) in [6, 6.07) is 25.7. The molecule has 11 heteroatoms. The molecule has 3 aromatic carbocycles. The number of methoxy groups -OCH3 is 1. The Morgan fingerprint density at radius 3 is 2.39 bits per heavy atom. The number of anilines is 2. The van der Waals surface area contributed by atoms with Gasteiger partial charge in [-0.25, -0.2) is 4.79 Å². The fourth-order valence-corrected chi connectivity index (χ4v) is 7.14. The van der Waals surface area contributed by atoms with Gasteiger partial charge in [0.2, 0.25) is 11.8 Å². The zero-order valence-corrected chi connectivity index (χ0v) is 25.8. The standard InChI is InChI=1S/C33H31N3O6S2/c1-21(37)36-17-16-26-27(19-36)44-32(29(26)33(40)41-2)35-31(39)30(22-10-5-3-6-11-22)43-25-15-9-12-23(18-25)34-28(38)20-42-24-13-7-4-8-14-24/h3-15,18,30H,16-17,19-20H2,1-2H3,(H,34,38)(H,35,39). The SMILES string of the molecule is COC(=O)c1c(NC(=O)C(Sc2cccc(NC(=O)COc3ccccc3)c2)c2ccccc2)sc2c1CCN(C(C)=O)C2. The number of esters is 1. The molecule has 44 heavy (non-hydrogen) atoms. The molecule has 226 valence electrons. The van der Waals surface area contributed by atoms with E-state index in [9.17, 15) is 19.2 Å². The third-order valence-electron chi connectivity index (χ3n) is 6.95. The maximum atomic E-state index is 13.9. The minimum Gasteiger partial charge on any atom is -0.484 e. The van der Waals surface area contributed by atoms with Gasteiger partial charge in [0.25, 0.3) is 5.91 Å². The highest BCUT2D eigenvalue weighted by Crippen LogP contribution is 2.41. The second-order valence-corrected chi connectivity index (χ2v) is 12.2. The van der Waals surface area contributed by atoms with Crippen molar-refractivity contribution in [3.05, 3.63) is 106 Å². The van der Waals surface area contributed by atoms with Crippen LogP contribution >= 0.6 is 23.1 Å². The molecule has 1 aliphatic rings. The number of ether oxygens (including phenoxy) is 2. The second kappa shape index (κ2) is 14.2. The first-order valence-electron chi connectivity index (χ1n) is 13.9. The number of hydrogen-bond donors (Lipinski definition) is 2. The molecule has 3 amide bonds. The lowest BCUT2D eigenvalue weighted by atomic mass is 10.0. The van der Waals surface area contributed by atoms with Crippen molar-refractivity contribution >= 4 is 57.5 Å². The Bertz CT molecular complexity index is 1660. The van der Waals surface area contributed by atoms with Crippen LogP contribution in [-0.4, -0.2) is 48.9 Å². The van der Waals surface area contributed by atoms with Crippen molar-refractivity contribution < 1.29 is 28.7 Å². The van der Waals surface area contributed by atoms with E-state index in [-0.39, 0.29) is 24.3 Å². The molecule has 9 nitrogen and oxygen atoms in total. The molecule has 0 aliphatic carbocycles. The molecule has 2 heterocycles. The predicted octanol–water partition coefficient (Wildman–Crippen LogP) is 5.93. The number of nitrogens with one attached hydrogen (secondary N) is 2. The van der Waals surface area contributed by atoms with Gasteiger partial charge in [0.05, 0.1) is 19.2 Å². The van der Waals surface area contributed by atoms with Crippen molar-refractivity contribution in [1.29, 1.82) is 0 Å². The molecule has 0 bridgehead atoms. The zero-order valence-electron chi connectivity index (χ0n) is 24.2. The van der Waals surface area contributed by atoms with E-state index in [1.165, 1.54) is 37.1 Å². The molecule has 1 unspecified atom stereocenters. The number of carbonyl (C=O) groups is 4. The van der Waals surface area contributed by atoms with E-state index >= 15 is 0 Å². The maximum Gasteiger partial charge on any atom is 0.341 e. The Morgan fingerprint density at radius 1 is 0.955 bits per heavy atom. The van der Waals surface area contributed by atoms with E-state index in [0.717, 1.165) is 20.9 Å². The summed E-state index contributed by atoms with van der Waals surface area (Å²) in [4.78, 5) is 54.6. The third kappa shape index (κ3) is 7.47. The number of hydrogen-bond acceptors (Lipinski definition) is 8. The van der Waals surface area contributed by atoms with Crippen LogP contribution < -0.4 is 15.4 Å². The molecule has 1 atom stereocenters. The average molecular weight is 630 g/mol. The largest absolute Gasteiger partial charge is 0.484 e. The summed E-state index contributed by atoms with van der Waals surface area (Å²) in [6.45, 7) is 2.24. The van der Waals surface area contributed by atoms with E-state index in [1.807, 2.05) is 54.6 Å². The number of carbonyl (C=O) groups excluding carboxylic acids is 4. The quantitative estimate of drug-likeness (QED) is 0.165. The van der Waals surface area contributed by atoms with Crippen LogP contribution in [0.1, 0.15) is 38.5 Å². The molecule has 0 saturated heterocycles. The Labute approximate surface area is 263 Å². The summed E-state index contributed by atoms with van der Waals surface area (Å²) in [6.07, 6.45) is 0.498. The van der Waals surface area contributed by atoms with Crippen LogP contribution in [0.5, 0.6) is 5.75 Å². The number of amides is 3. The van der Waals surface area contributed by atoms with Crippen molar-refractivity contribution in [3.8, 4) is 5.75 Å². The van der Waals surface area contributed by atoms with E-state index in [4.69, 9.17) is 9.47 Å². The lowest BCUT2D eigenvalue weighted by molar-refractivity contribution is -0.129. The average Bonchev–Trinajstić information content (AvgIpc) is 3.40. The topological polar surface area (TPSA) is 114 Å². The van der Waals surface area contributed by atoms with Gasteiger partial charge in [0.15, 0.2) is 6.61 Å². The molecule has 0 fully saturated rings. The smallest absolute Gasteiger partial charge is 0.341 e. The molecule has 0 spiro atoms. The van der Waals surface area contributed by atoms with Gasteiger partial charge in [-0.05, 0) is 47.9 Å². The Morgan fingerprint density at radius 2 is 1.68 bits per heavy atom. The fraction of sp³-hybridized carbons (Fsp3) is 0.212. The summed E-state index contributed by atoms with van der Waals surface area (Å²) in [5, 5.41) is 5.56. The Kier molecular flexibility index (Phi) is 9.98. The van der Waals surface area contributed by atoms with Crippen molar-refractivity contribution in [2.75, 3.05) is 30.9 Å². The van der Waals surface area contributed by atoms with Crippen LogP contribution in [0.25, 0.3) is 0 Å². The van der Waals surface area contributed by atoms with Crippen LogP contribution in [0.2, 0.25) is 0 Å². The van der Waals surface area contributed by atoms with Crippen LogP contribution in [0, 0.1) is 0 Å². The number of rotatable bonds is 10. The Balaban J connectivity index is 1.35. The summed E-state index contributed by atoms with van der Waals surface area (Å²) in [7, 11) is 1.31. The van der Waals surface area contributed by atoms with Crippen molar-refractivity contribution in [1.82, 2.24) is 4.90 Å². The molecule has 5 rings (SSSR count). The van der Waals surface area contributed by atoms with Gasteiger partial charge >= 0.3 is 5.97 Å². The van der Waals surface area contributed by atoms with Crippen molar-refractivity contribution in [2.24, 2.45) is 0 Å². The lowest BCUT2D eigenvalue weighted by Gasteiger charge is -2.25. The highest BCUT2D eigenvalue weighted by Gasteiger charge is 2.32. The minimum atomic E-state index is -0.679. The number of para-hydroxylation sites is 1. The first-order valence-corrected chi connectivity index (χ1v) is 15.6. The van der Waals surface area contributed by atoms with Gasteiger partial charge in [-0.2, -0.15) is 0 Å². The monoisotopic (exact) mass is 629 g/mol. The molecular formula is C33H31N3O6S2. The van der Waals surface area contributed by atoms with Crippen LogP contribution in [0.15, 0.2) is 89.8 Å². The molecular weight excluding hydrogens is 599 g/mol. The molecule has 1 aromatic heterocycles. The third-order valence-corrected chi connectivity index (χ3v) is 9.33. The maximum absolute atomic E-state index is 13.9. The van der Waals surface area contributed by atoms with E-state index in [1.54, 1.807) is 35.2 Å². The van der Waals surface area contributed by atoms with Crippen LogP contribution in [0.3, 0.4) is 0 Å². The molecule has 2 N–H and O–H groups in total. The second-order valence-electron chi connectivity index (χ2n) is 9.97. The summed E-state index contributed by atoms with van der Waals surface area (Å²) < 4.78 is 10.6. The van der Waals surface area contributed by atoms with Crippen molar-refractivity contribution in [2.45, 2.75) is 30.0 Å². The molecule has 1 aliphatic heterocycles. The highest BCUT2D eigenvalue weighted by atomic mass is 32.2. The number of benzene rings is 3. The summed E-state index contributed by atoms with van der Waals surface area (Å²) in [5.74, 6) is -0.607.